The van der Waals surface area contributed by atoms with Gasteiger partial charge in [-0.2, -0.15) is 0 Å². The molecule has 0 amide bonds. The molecule has 86 valence electrons. The molecule has 0 aromatic heterocycles. The summed E-state index contributed by atoms with van der Waals surface area (Å²) in [4.78, 5) is 36.0. The molecule has 0 saturated heterocycles. The number of hydrogen-bond acceptors (Lipinski definition) is 5. The van der Waals surface area contributed by atoms with Gasteiger partial charge >= 0.3 is 5.97 Å². The van der Waals surface area contributed by atoms with Crippen LogP contribution in [0.4, 0.5) is 0 Å². The van der Waals surface area contributed by atoms with Gasteiger partial charge in [0.1, 0.15) is 5.76 Å². The molecule has 1 rings (SSSR count). The Hall–Kier alpha value is -1.91. The lowest BCUT2D eigenvalue weighted by atomic mass is 9.96. The first-order valence-electron chi connectivity index (χ1n) is 4.74. The molecule has 0 bridgehead atoms. The lowest BCUT2D eigenvalue weighted by Gasteiger charge is -2.16. The van der Waals surface area contributed by atoms with Crippen molar-refractivity contribution in [3.63, 3.8) is 0 Å². The van der Waals surface area contributed by atoms with Crippen LogP contribution in [0.2, 0.25) is 0 Å². The third kappa shape index (κ3) is 2.79. The van der Waals surface area contributed by atoms with Gasteiger partial charge in [0.2, 0.25) is 0 Å². The Morgan fingerprint density at radius 3 is 2.56 bits per heavy atom. The highest BCUT2D eigenvalue weighted by atomic mass is 16.5. The van der Waals surface area contributed by atoms with E-state index in [1.807, 2.05) is 0 Å². The van der Waals surface area contributed by atoms with Gasteiger partial charge in [-0.25, -0.2) is 0 Å². The van der Waals surface area contributed by atoms with Crippen LogP contribution in [0.3, 0.4) is 0 Å². The first-order valence-corrected chi connectivity index (χ1v) is 4.74. The van der Waals surface area contributed by atoms with Crippen molar-refractivity contribution in [1.29, 1.82) is 0 Å². The first kappa shape index (κ1) is 12.2. The van der Waals surface area contributed by atoms with E-state index < -0.39 is 23.5 Å². The number of nitrogens with zero attached hydrogens (tertiary/aromatic N) is 1. The molecule has 0 aromatic rings. The fraction of sp³-hybridized carbons (Fsp3) is 0.364. The van der Waals surface area contributed by atoms with E-state index in [-0.39, 0.29) is 5.76 Å². The predicted octanol–water partition coefficient (Wildman–Crippen LogP) is 0.277. The number of carbonyl (C=O) groups is 3. The number of ether oxygens (including phenoxy) is 1. The summed E-state index contributed by atoms with van der Waals surface area (Å²) in [7, 11) is 3.46. The van der Waals surface area contributed by atoms with E-state index in [1.165, 1.54) is 19.2 Å². The molecule has 1 unspecified atom stereocenters. The Morgan fingerprint density at radius 1 is 1.44 bits per heavy atom. The molecule has 0 fully saturated rings. The molecule has 16 heavy (non-hydrogen) atoms. The van der Waals surface area contributed by atoms with Crippen molar-refractivity contribution < 1.29 is 19.1 Å². The van der Waals surface area contributed by atoms with Gasteiger partial charge in [0.05, 0.1) is 0 Å². The number of carbonyl (C=O) groups excluding carboxylic acids is 3. The SMILES string of the molecule is CC1=CC(=O)C(C(=O)/C=C/N(C)C)C(=O)O1. The highest BCUT2D eigenvalue weighted by molar-refractivity contribution is 6.24. The van der Waals surface area contributed by atoms with Gasteiger partial charge in [-0.1, -0.05) is 0 Å². The van der Waals surface area contributed by atoms with Crippen molar-refractivity contribution in [1.82, 2.24) is 4.90 Å². The number of hydrogen-bond donors (Lipinski definition) is 0. The van der Waals surface area contributed by atoms with Crippen molar-refractivity contribution in [3.05, 3.63) is 24.1 Å². The normalized spacial score (nSPS) is 20.7. The van der Waals surface area contributed by atoms with E-state index in [0.29, 0.717) is 0 Å². The van der Waals surface area contributed by atoms with Gasteiger partial charge in [-0.15, -0.1) is 0 Å². The highest BCUT2D eigenvalue weighted by Gasteiger charge is 2.36. The van der Waals surface area contributed by atoms with Crippen LogP contribution in [0.5, 0.6) is 0 Å². The maximum absolute atomic E-state index is 11.6. The summed E-state index contributed by atoms with van der Waals surface area (Å²) in [5.74, 6) is -3.02. The Morgan fingerprint density at radius 2 is 2.06 bits per heavy atom. The fourth-order valence-electron chi connectivity index (χ4n) is 1.22. The minimum Gasteiger partial charge on any atom is -0.430 e. The van der Waals surface area contributed by atoms with Crippen molar-refractivity contribution in [3.8, 4) is 0 Å². The second kappa shape index (κ2) is 4.74. The van der Waals surface area contributed by atoms with Crippen LogP contribution in [0.15, 0.2) is 24.1 Å². The molecule has 1 heterocycles. The zero-order chi connectivity index (χ0) is 12.3. The molecule has 0 aliphatic carbocycles. The van der Waals surface area contributed by atoms with Gasteiger partial charge in [-0.05, 0) is 13.0 Å². The molecule has 0 radical (unpaired) electrons. The second-order valence-corrected chi connectivity index (χ2v) is 3.69. The number of esters is 1. The summed E-state index contributed by atoms with van der Waals surface area (Å²) in [5, 5.41) is 0. The number of rotatable bonds is 3. The van der Waals surface area contributed by atoms with E-state index in [0.717, 1.165) is 6.08 Å². The Bertz CT molecular complexity index is 393. The standard InChI is InChI=1S/C11H13NO4/c1-7-6-9(14)10(11(15)16-7)8(13)4-5-12(2)3/h4-6,10H,1-3H3/b5-4+. The molecular formula is C11H13NO4. The van der Waals surface area contributed by atoms with Gasteiger partial charge in [-0.3, -0.25) is 14.4 Å². The maximum atomic E-state index is 11.6. The van der Waals surface area contributed by atoms with Crippen molar-refractivity contribution >= 4 is 17.5 Å². The van der Waals surface area contributed by atoms with E-state index >= 15 is 0 Å². The van der Waals surface area contributed by atoms with Gasteiger partial charge in [0, 0.05) is 26.4 Å². The number of cyclic esters (lactones) is 1. The molecule has 0 aromatic carbocycles. The van der Waals surface area contributed by atoms with Gasteiger partial charge in [0.25, 0.3) is 0 Å². The van der Waals surface area contributed by atoms with E-state index in [1.54, 1.807) is 19.0 Å². The zero-order valence-corrected chi connectivity index (χ0v) is 9.39. The van der Waals surface area contributed by atoms with Gasteiger partial charge in [0.15, 0.2) is 17.5 Å². The maximum Gasteiger partial charge on any atom is 0.329 e. The predicted molar refractivity (Wildman–Crippen MR) is 56.2 cm³/mol. The highest BCUT2D eigenvalue weighted by Crippen LogP contribution is 2.15. The van der Waals surface area contributed by atoms with E-state index in [2.05, 4.69) is 0 Å². The Kier molecular flexibility index (Phi) is 3.60. The third-order valence-corrected chi connectivity index (χ3v) is 1.95. The average Bonchev–Trinajstić information content (AvgIpc) is 2.12. The van der Waals surface area contributed by atoms with Crippen LogP contribution in [-0.2, 0) is 19.1 Å². The van der Waals surface area contributed by atoms with Crippen LogP contribution in [-0.4, -0.2) is 36.5 Å². The molecule has 5 heteroatoms. The van der Waals surface area contributed by atoms with Crippen LogP contribution >= 0.6 is 0 Å². The van der Waals surface area contributed by atoms with Crippen molar-refractivity contribution in [2.45, 2.75) is 6.92 Å². The smallest absolute Gasteiger partial charge is 0.329 e. The summed E-state index contributed by atoms with van der Waals surface area (Å²) in [6.45, 7) is 1.49. The second-order valence-electron chi connectivity index (χ2n) is 3.69. The number of ketones is 2. The molecule has 1 aliphatic heterocycles. The molecule has 1 atom stereocenters. The van der Waals surface area contributed by atoms with Crippen LogP contribution in [0.1, 0.15) is 6.92 Å². The minimum atomic E-state index is -1.35. The van der Waals surface area contributed by atoms with Crippen molar-refractivity contribution in [2.75, 3.05) is 14.1 Å². The van der Waals surface area contributed by atoms with Crippen molar-refractivity contribution in [2.24, 2.45) is 5.92 Å². The minimum absolute atomic E-state index is 0.218. The molecule has 0 N–H and O–H groups in total. The molecule has 0 saturated carbocycles. The summed E-state index contributed by atoms with van der Waals surface area (Å²) >= 11 is 0. The zero-order valence-electron chi connectivity index (χ0n) is 9.39. The fourth-order valence-corrected chi connectivity index (χ4v) is 1.22. The first-order chi connectivity index (χ1) is 7.41. The van der Waals surface area contributed by atoms with Crippen LogP contribution < -0.4 is 0 Å². The molecule has 1 aliphatic rings. The largest absolute Gasteiger partial charge is 0.430 e. The monoisotopic (exact) mass is 223 g/mol. The molecule has 0 spiro atoms. The Balaban J connectivity index is 2.85. The van der Waals surface area contributed by atoms with Crippen LogP contribution in [0.25, 0.3) is 0 Å². The lowest BCUT2D eigenvalue weighted by molar-refractivity contribution is -0.151. The average molecular weight is 223 g/mol. The lowest BCUT2D eigenvalue weighted by Crippen LogP contribution is -2.34. The summed E-state index contributed by atoms with van der Waals surface area (Å²) in [6, 6.07) is 0. The van der Waals surface area contributed by atoms with Gasteiger partial charge < -0.3 is 9.64 Å². The summed E-state index contributed by atoms with van der Waals surface area (Å²) in [6.07, 6.45) is 3.83. The quantitative estimate of drug-likeness (QED) is 0.390. The van der Waals surface area contributed by atoms with Crippen LogP contribution in [0, 0.1) is 5.92 Å². The van der Waals surface area contributed by atoms with E-state index in [4.69, 9.17) is 4.74 Å². The molecule has 5 nitrogen and oxygen atoms in total. The molecular weight excluding hydrogens is 210 g/mol. The number of allylic oxidation sites excluding steroid dienone is 3. The van der Waals surface area contributed by atoms with E-state index in [9.17, 15) is 14.4 Å². The Labute approximate surface area is 93.4 Å². The summed E-state index contributed by atoms with van der Waals surface area (Å²) in [5.41, 5.74) is 0. The summed E-state index contributed by atoms with van der Waals surface area (Å²) < 4.78 is 4.73. The third-order valence-electron chi connectivity index (χ3n) is 1.95. The topological polar surface area (TPSA) is 63.7 Å².